The maximum atomic E-state index is 5.68. The van der Waals surface area contributed by atoms with Crippen LogP contribution in [0.25, 0.3) is 0 Å². The summed E-state index contributed by atoms with van der Waals surface area (Å²) in [4.78, 5) is 11.6. The van der Waals surface area contributed by atoms with Crippen LogP contribution in [0.5, 0.6) is 5.88 Å². The van der Waals surface area contributed by atoms with Crippen LogP contribution in [0.2, 0.25) is 0 Å². The largest absolute Gasteiger partial charge is 0.478 e. The average molecular weight is 290 g/mol. The SMILES string of the molecule is CCCOc1cc(C)nc(N2CCC3NCCCC3C2)n1. The van der Waals surface area contributed by atoms with Gasteiger partial charge in [-0.15, -0.1) is 0 Å². The Labute approximate surface area is 127 Å². The number of hydrogen-bond acceptors (Lipinski definition) is 5. The highest BCUT2D eigenvalue weighted by molar-refractivity contribution is 5.35. The van der Waals surface area contributed by atoms with Crippen molar-refractivity contribution in [1.82, 2.24) is 15.3 Å². The third-order valence-corrected chi connectivity index (χ3v) is 4.45. The zero-order valence-corrected chi connectivity index (χ0v) is 13.1. The summed E-state index contributed by atoms with van der Waals surface area (Å²) in [5.74, 6) is 2.28. The average Bonchev–Trinajstić information content (AvgIpc) is 2.52. The maximum absolute atomic E-state index is 5.68. The van der Waals surface area contributed by atoms with Crippen LogP contribution in [0.3, 0.4) is 0 Å². The monoisotopic (exact) mass is 290 g/mol. The van der Waals surface area contributed by atoms with Gasteiger partial charge in [-0.05, 0) is 45.1 Å². The number of anilines is 1. The van der Waals surface area contributed by atoms with Crippen LogP contribution < -0.4 is 15.0 Å². The van der Waals surface area contributed by atoms with Gasteiger partial charge in [-0.2, -0.15) is 4.98 Å². The van der Waals surface area contributed by atoms with Gasteiger partial charge < -0.3 is 15.0 Å². The molecule has 5 nitrogen and oxygen atoms in total. The number of nitrogens with zero attached hydrogens (tertiary/aromatic N) is 3. The van der Waals surface area contributed by atoms with E-state index in [-0.39, 0.29) is 0 Å². The first-order valence-electron chi connectivity index (χ1n) is 8.23. The summed E-state index contributed by atoms with van der Waals surface area (Å²) >= 11 is 0. The predicted molar refractivity (Wildman–Crippen MR) is 83.9 cm³/mol. The molecule has 0 spiro atoms. The zero-order valence-electron chi connectivity index (χ0n) is 13.1. The molecule has 3 heterocycles. The Bertz CT molecular complexity index is 479. The molecule has 2 atom stereocenters. The fourth-order valence-corrected chi connectivity index (χ4v) is 3.37. The molecule has 116 valence electrons. The Balaban J connectivity index is 1.72. The number of piperidine rings is 2. The van der Waals surface area contributed by atoms with Crippen LogP contribution >= 0.6 is 0 Å². The van der Waals surface area contributed by atoms with Gasteiger partial charge in [0.2, 0.25) is 11.8 Å². The van der Waals surface area contributed by atoms with Gasteiger partial charge in [0.1, 0.15) is 0 Å². The second kappa shape index (κ2) is 6.60. The highest BCUT2D eigenvalue weighted by Crippen LogP contribution is 2.27. The molecule has 1 aromatic rings. The fraction of sp³-hybridized carbons (Fsp3) is 0.750. The van der Waals surface area contributed by atoms with Crippen LogP contribution in [-0.4, -0.2) is 42.3 Å². The molecule has 3 rings (SSSR count). The number of hydrogen-bond donors (Lipinski definition) is 1. The molecule has 5 heteroatoms. The maximum Gasteiger partial charge on any atom is 0.228 e. The molecule has 2 aliphatic rings. The Kier molecular flexibility index (Phi) is 4.58. The Morgan fingerprint density at radius 3 is 3.14 bits per heavy atom. The molecule has 2 fully saturated rings. The molecule has 0 aliphatic carbocycles. The van der Waals surface area contributed by atoms with E-state index in [0.717, 1.165) is 37.1 Å². The first-order chi connectivity index (χ1) is 10.3. The summed E-state index contributed by atoms with van der Waals surface area (Å²) < 4.78 is 5.68. The molecule has 1 aromatic heterocycles. The van der Waals surface area contributed by atoms with Crippen molar-refractivity contribution < 1.29 is 4.74 Å². The topological polar surface area (TPSA) is 50.3 Å². The minimum absolute atomic E-state index is 0.690. The molecule has 0 aromatic carbocycles. The number of aryl methyl sites for hydroxylation is 1. The standard InChI is InChI=1S/C16H26N4O/c1-3-9-21-15-10-12(2)18-16(19-15)20-8-6-14-13(11-20)5-4-7-17-14/h10,13-14,17H,3-9,11H2,1-2H3. The summed E-state index contributed by atoms with van der Waals surface area (Å²) in [6.07, 6.45) is 4.79. The Morgan fingerprint density at radius 2 is 2.29 bits per heavy atom. The van der Waals surface area contributed by atoms with Crippen molar-refractivity contribution in [1.29, 1.82) is 0 Å². The molecule has 0 saturated carbocycles. The molecule has 2 aliphatic heterocycles. The van der Waals surface area contributed by atoms with Crippen LogP contribution in [0, 0.1) is 12.8 Å². The van der Waals surface area contributed by atoms with Crippen molar-refractivity contribution in [3.63, 3.8) is 0 Å². The van der Waals surface area contributed by atoms with E-state index in [4.69, 9.17) is 4.74 Å². The van der Waals surface area contributed by atoms with Gasteiger partial charge in [-0.3, -0.25) is 0 Å². The van der Waals surface area contributed by atoms with Gasteiger partial charge in [-0.1, -0.05) is 6.92 Å². The van der Waals surface area contributed by atoms with Crippen molar-refractivity contribution in [2.24, 2.45) is 5.92 Å². The van der Waals surface area contributed by atoms with Gasteiger partial charge in [0.15, 0.2) is 0 Å². The summed E-state index contributed by atoms with van der Waals surface area (Å²) in [5.41, 5.74) is 0.981. The molecule has 2 unspecified atom stereocenters. The van der Waals surface area contributed by atoms with E-state index in [1.165, 1.54) is 25.8 Å². The summed E-state index contributed by atoms with van der Waals surface area (Å²) in [7, 11) is 0. The van der Waals surface area contributed by atoms with Crippen LogP contribution in [0.4, 0.5) is 5.95 Å². The molecule has 21 heavy (non-hydrogen) atoms. The summed E-state index contributed by atoms with van der Waals surface area (Å²) in [5, 5.41) is 3.65. The van der Waals surface area contributed by atoms with Crippen molar-refractivity contribution >= 4 is 5.95 Å². The lowest BCUT2D eigenvalue weighted by atomic mass is 9.85. The van der Waals surface area contributed by atoms with Gasteiger partial charge in [0, 0.05) is 30.9 Å². The molecular weight excluding hydrogens is 264 g/mol. The Hall–Kier alpha value is -1.36. The van der Waals surface area contributed by atoms with Crippen molar-refractivity contribution in [2.75, 3.05) is 31.1 Å². The lowest BCUT2D eigenvalue weighted by molar-refractivity contribution is 0.242. The van der Waals surface area contributed by atoms with Gasteiger partial charge in [0.25, 0.3) is 0 Å². The molecule has 0 bridgehead atoms. The van der Waals surface area contributed by atoms with E-state index >= 15 is 0 Å². The smallest absolute Gasteiger partial charge is 0.228 e. The Morgan fingerprint density at radius 1 is 1.38 bits per heavy atom. The predicted octanol–water partition coefficient (Wildman–Crippen LogP) is 2.15. The number of nitrogens with one attached hydrogen (secondary N) is 1. The van der Waals surface area contributed by atoms with E-state index in [2.05, 4.69) is 27.1 Å². The summed E-state index contributed by atoms with van der Waals surface area (Å²) in [6.45, 7) is 8.11. The van der Waals surface area contributed by atoms with Gasteiger partial charge in [0.05, 0.1) is 6.61 Å². The molecule has 2 saturated heterocycles. The van der Waals surface area contributed by atoms with E-state index < -0.39 is 0 Å². The minimum atomic E-state index is 0.690. The quantitative estimate of drug-likeness (QED) is 0.921. The third kappa shape index (κ3) is 3.46. The minimum Gasteiger partial charge on any atom is -0.478 e. The van der Waals surface area contributed by atoms with Gasteiger partial charge >= 0.3 is 0 Å². The first-order valence-corrected chi connectivity index (χ1v) is 8.23. The van der Waals surface area contributed by atoms with E-state index in [1.807, 2.05) is 13.0 Å². The molecule has 1 N–H and O–H groups in total. The number of ether oxygens (including phenoxy) is 1. The third-order valence-electron chi connectivity index (χ3n) is 4.45. The van der Waals surface area contributed by atoms with E-state index in [9.17, 15) is 0 Å². The van der Waals surface area contributed by atoms with Crippen molar-refractivity contribution in [3.8, 4) is 5.88 Å². The van der Waals surface area contributed by atoms with Crippen molar-refractivity contribution in [2.45, 2.75) is 45.6 Å². The van der Waals surface area contributed by atoms with E-state index in [0.29, 0.717) is 18.5 Å². The van der Waals surface area contributed by atoms with Crippen LogP contribution in [-0.2, 0) is 0 Å². The molecule has 0 amide bonds. The number of fused-ring (bicyclic) bond motifs is 1. The molecule has 0 radical (unpaired) electrons. The highest BCUT2D eigenvalue weighted by Gasteiger charge is 2.32. The normalized spacial score (nSPS) is 25.5. The lowest BCUT2D eigenvalue weighted by Gasteiger charge is -2.41. The number of rotatable bonds is 4. The first kappa shape index (κ1) is 14.6. The second-order valence-electron chi connectivity index (χ2n) is 6.19. The fourth-order valence-electron chi connectivity index (χ4n) is 3.37. The van der Waals surface area contributed by atoms with Crippen LogP contribution in [0.1, 0.15) is 38.3 Å². The lowest BCUT2D eigenvalue weighted by Crippen LogP contribution is -2.52. The van der Waals surface area contributed by atoms with E-state index in [1.54, 1.807) is 0 Å². The second-order valence-corrected chi connectivity index (χ2v) is 6.19. The zero-order chi connectivity index (χ0) is 14.7. The van der Waals surface area contributed by atoms with Crippen LogP contribution in [0.15, 0.2) is 6.07 Å². The summed E-state index contributed by atoms with van der Waals surface area (Å²) in [6, 6.07) is 2.62. The van der Waals surface area contributed by atoms with Crippen molar-refractivity contribution in [3.05, 3.63) is 11.8 Å². The highest BCUT2D eigenvalue weighted by atomic mass is 16.5. The number of aromatic nitrogens is 2. The molecular formula is C16H26N4O. The van der Waals surface area contributed by atoms with Gasteiger partial charge in [-0.25, -0.2) is 4.98 Å².